The molecule has 1 atom stereocenters. The zero-order valence-corrected chi connectivity index (χ0v) is 13.0. The SMILES string of the molecule is [2H]C([2H])(c1cc2c(C(F)(F)F)cnc(OC)c2[nH]1)N1CCC[C@H](C)C1. The maximum atomic E-state index is 13.3. The van der Waals surface area contributed by atoms with Crippen LogP contribution in [-0.4, -0.2) is 35.1 Å². The van der Waals surface area contributed by atoms with Crippen LogP contribution >= 0.6 is 0 Å². The van der Waals surface area contributed by atoms with Crippen molar-refractivity contribution in [2.24, 2.45) is 5.92 Å². The average Bonchev–Trinajstić information content (AvgIpc) is 2.98. The number of alkyl halides is 3. The van der Waals surface area contributed by atoms with Crippen molar-refractivity contribution in [1.82, 2.24) is 14.9 Å². The smallest absolute Gasteiger partial charge is 0.418 e. The van der Waals surface area contributed by atoms with Crippen LogP contribution in [0.1, 0.15) is 33.8 Å². The Labute approximate surface area is 135 Å². The van der Waals surface area contributed by atoms with E-state index in [9.17, 15) is 13.2 Å². The molecule has 1 fully saturated rings. The van der Waals surface area contributed by atoms with Gasteiger partial charge in [0.15, 0.2) is 0 Å². The molecule has 1 aliphatic heterocycles. The van der Waals surface area contributed by atoms with E-state index in [2.05, 4.69) is 9.97 Å². The number of hydrogen-bond acceptors (Lipinski definition) is 3. The number of pyridine rings is 1. The predicted octanol–water partition coefficient (Wildman–Crippen LogP) is 3.82. The number of nitrogens with one attached hydrogen (secondary N) is 1. The van der Waals surface area contributed by atoms with Gasteiger partial charge >= 0.3 is 6.18 Å². The van der Waals surface area contributed by atoms with Crippen molar-refractivity contribution in [1.29, 1.82) is 0 Å². The Morgan fingerprint density at radius 1 is 1.52 bits per heavy atom. The number of methoxy groups -OCH3 is 1. The second-order valence-corrected chi connectivity index (χ2v) is 5.96. The molecule has 3 rings (SSSR count). The van der Waals surface area contributed by atoms with Crippen molar-refractivity contribution in [3.8, 4) is 5.88 Å². The number of fused-ring (bicyclic) bond motifs is 1. The highest BCUT2D eigenvalue weighted by Gasteiger charge is 2.34. The molecule has 0 aromatic carbocycles. The molecule has 7 heteroatoms. The summed E-state index contributed by atoms with van der Waals surface area (Å²) in [5, 5.41) is -0.136. The summed E-state index contributed by atoms with van der Waals surface area (Å²) >= 11 is 0. The van der Waals surface area contributed by atoms with E-state index in [0.717, 1.165) is 19.0 Å². The number of piperidine rings is 1. The second kappa shape index (κ2) is 6.03. The fourth-order valence-corrected chi connectivity index (χ4v) is 3.00. The van der Waals surface area contributed by atoms with Gasteiger partial charge in [-0.3, -0.25) is 4.90 Å². The number of aromatic amines is 1. The monoisotopic (exact) mass is 329 g/mol. The van der Waals surface area contributed by atoms with E-state index in [0.29, 0.717) is 19.0 Å². The number of ether oxygens (including phenoxy) is 1. The largest absolute Gasteiger partial charge is 0.479 e. The lowest BCUT2D eigenvalue weighted by molar-refractivity contribution is -0.136. The Hall–Kier alpha value is -1.76. The van der Waals surface area contributed by atoms with Gasteiger partial charge in [0.05, 0.1) is 12.7 Å². The molecule has 0 unspecified atom stereocenters. The zero-order chi connectivity index (χ0) is 18.4. The zero-order valence-electron chi connectivity index (χ0n) is 15.0. The molecule has 1 aliphatic rings. The van der Waals surface area contributed by atoms with E-state index < -0.39 is 18.2 Å². The van der Waals surface area contributed by atoms with Gasteiger partial charge in [-0.05, 0) is 31.4 Å². The molecule has 0 radical (unpaired) electrons. The molecule has 4 nitrogen and oxygen atoms in total. The Balaban J connectivity index is 2.11. The molecule has 1 N–H and O–H groups in total. The van der Waals surface area contributed by atoms with Crippen molar-refractivity contribution in [3.63, 3.8) is 0 Å². The van der Waals surface area contributed by atoms with Crippen LogP contribution in [0.25, 0.3) is 10.9 Å². The Kier molecular flexibility index (Phi) is 3.58. The van der Waals surface area contributed by atoms with Gasteiger partial charge < -0.3 is 9.72 Å². The van der Waals surface area contributed by atoms with Crippen LogP contribution in [-0.2, 0) is 12.7 Å². The van der Waals surface area contributed by atoms with E-state index in [4.69, 9.17) is 7.48 Å². The molecule has 0 amide bonds. The summed E-state index contributed by atoms with van der Waals surface area (Å²) in [4.78, 5) is 8.14. The van der Waals surface area contributed by atoms with E-state index in [1.165, 1.54) is 13.2 Å². The van der Waals surface area contributed by atoms with Gasteiger partial charge in [0, 0.05) is 33.1 Å². The van der Waals surface area contributed by atoms with Crippen LogP contribution in [0, 0.1) is 5.92 Å². The molecule has 0 spiro atoms. The first-order chi connectivity index (χ1) is 11.6. The maximum Gasteiger partial charge on any atom is 0.418 e. The second-order valence-electron chi connectivity index (χ2n) is 5.96. The summed E-state index contributed by atoms with van der Waals surface area (Å²) in [5.74, 6) is 0.354. The number of nitrogens with zero attached hydrogens (tertiary/aromatic N) is 2. The standard InChI is InChI=1S/C16H20F3N3O/c1-10-4-3-5-22(8-10)9-11-6-12-13(16(17,18)19)7-20-15(23-2)14(12)21-11/h6-7,10,21H,3-5,8-9H2,1-2H3/t10-/m0/s1/i9D2. The van der Waals surface area contributed by atoms with E-state index in [-0.39, 0.29) is 22.5 Å². The van der Waals surface area contributed by atoms with E-state index >= 15 is 0 Å². The Morgan fingerprint density at radius 3 is 2.96 bits per heavy atom. The molecule has 126 valence electrons. The molecule has 23 heavy (non-hydrogen) atoms. The third kappa shape index (κ3) is 3.29. The minimum atomic E-state index is -4.58. The summed E-state index contributed by atoms with van der Waals surface area (Å²) in [6.45, 7) is 1.27. The number of hydrogen-bond donors (Lipinski definition) is 1. The van der Waals surface area contributed by atoms with Gasteiger partial charge in [-0.25, -0.2) is 4.98 Å². The highest BCUT2D eigenvalue weighted by Crippen LogP contribution is 2.37. The molecule has 1 saturated heterocycles. The topological polar surface area (TPSA) is 41.1 Å². The minimum absolute atomic E-state index is 0.0112. The molecule has 2 aromatic rings. The van der Waals surface area contributed by atoms with Gasteiger partial charge in [-0.1, -0.05) is 6.92 Å². The van der Waals surface area contributed by atoms with Crippen LogP contribution in [0.5, 0.6) is 5.88 Å². The maximum absolute atomic E-state index is 13.3. The quantitative estimate of drug-likeness (QED) is 0.931. The van der Waals surface area contributed by atoms with Gasteiger partial charge in [-0.2, -0.15) is 13.2 Å². The van der Waals surface area contributed by atoms with Crippen molar-refractivity contribution in [3.05, 3.63) is 23.5 Å². The lowest BCUT2D eigenvalue weighted by atomic mass is 10.0. The summed E-state index contributed by atoms with van der Waals surface area (Å²) < 4.78 is 61.8. The highest BCUT2D eigenvalue weighted by molar-refractivity contribution is 5.88. The molecule has 0 aliphatic carbocycles. The fourth-order valence-electron chi connectivity index (χ4n) is 3.00. The van der Waals surface area contributed by atoms with Gasteiger partial charge in [0.2, 0.25) is 5.88 Å². The van der Waals surface area contributed by atoms with Crippen molar-refractivity contribution >= 4 is 10.9 Å². The number of aromatic nitrogens is 2. The normalized spacial score (nSPS) is 22.0. The number of likely N-dealkylation sites (tertiary alicyclic amines) is 1. The van der Waals surface area contributed by atoms with Crippen molar-refractivity contribution in [2.45, 2.75) is 32.4 Å². The third-order valence-electron chi connectivity index (χ3n) is 4.07. The third-order valence-corrected chi connectivity index (χ3v) is 4.07. The Morgan fingerprint density at radius 2 is 2.30 bits per heavy atom. The summed E-state index contributed by atoms with van der Waals surface area (Å²) in [7, 11) is 1.32. The summed E-state index contributed by atoms with van der Waals surface area (Å²) in [6, 6.07) is 1.22. The molecule has 0 saturated carbocycles. The van der Waals surface area contributed by atoms with Gasteiger partial charge in [0.25, 0.3) is 0 Å². The Bertz CT molecular complexity index is 776. The first-order valence-corrected chi connectivity index (χ1v) is 7.53. The van der Waals surface area contributed by atoms with Crippen LogP contribution in [0.4, 0.5) is 13.2 Å². The predicted molar refractivity (Wildman–Crippen MR) is 81.3 cm³/mol. The lowest BCUT2D eigenvalue weighted by Crippen LogP contribution is -2.33. The van der Waals surface area contributed by atoms with Crippen LogP contribution in [0.2, 0.25) is 0 Å². The van der Waals surface area contributed by atoms with E-state index in [1.54, 1.807) is 4.90 Å². The number of H-pyrrole nitrogens is 1. The highest BCUT2D eigenvalue weighted by atomic mass is 19.4. The average molecular weight is 329 g/mol. The number of halogens is 3. The van der Waals surface area contributed by atoms with Crippen LogP contribution < -0.4 is 4.74 Å². The van der Waals surface area contributed by atoms with Crippen molar-refractivity contribution in [2.75, 3.05) is 20.2 Å². The molecular formula is C16H20F3N3O. The first kappa shape index (κ1) is 13.7. The first-order valence-electron chi connectivity index (χ1n) is 8.53. The lowest BCUT2D eigenvalue weighted by Gasteiger charge is -2.30. The summed E-state index contributed by atoms with van der Waals surface area (Å²) in [6.07, 6.45) is -1.98. The van der Waals surface area contributed by atoms with Gasteiger partial charge in [0.1, 0.15) is 5.52 Å². The summed E-state index contributed by atoms with van der Waals surface area (Å²) in [5.41, 5.74) is -0.775. The molecule has 2 aromatic heterocycles. The molecular weight excluding hydrogens is 307 g/mol. The van der Waals surface area contributed by atoms with E-state index in [1.807, 2.05) is 6.92 Å². The van der Waals surface area contributed by atoms with Crippen LogP contribution in [0.3, 0.4) is 0 Å². The van der Waals surface area contributed by atoms with Gasteiger partial charge in [-0.15, -0.1) is 0 Å². The minimum Gasteiger partial charge on any atom is -0.479 e. The number of rotatable bonds is 3. The van der Waals surface area contributed by atoms with Crippen molar-refractivity contribution < 1.29 is 20.6 Å². The van der Waals surface area contributed by atoms with Crippen LogP contribution in [0.15, 0.2) is 12.3 Å². The molecule has 0 bridgehead atoms. The molecule has 3 heterocycles. The fraction of sp³-hybridized carbons (Fsp3) is 0.562.